The van der Waals surface area contributed by atoms with E-state index in [1.807, 2.05) is 63.7 Å². The highest BCUT2D eigenvalue weighted by molar-refractivity contribution is 7.45. The summed E-state index contributed by atoms with van der Waals surface area (Å²) in [4.78, 5) is 37.7. The molecule has 0 aromatic carbocycles. The number of quaternary nitrogens is 1. The lowest BCUT2D eigenvalue weighted by atomic mass is 10.1. The number of hydrogen-bond acceptors (Lipinski definition) is 10. The van der Waals surface area contributed by atoms with Crippen LogP contribution in [-0.4, -0.2) is 92.5 Å². The second-order valence-corrected chi connectivity index (χ2v) is 18.9. The molecule has 0 amide bonds. The van der Waals surface area contributed by atoms with Gasteiger partial charge in [-0.15, -0.1) is 0 Å². The number of ether oxygens (including phenoxy) is 2. The lowest BCUT2D eigenvalue weighted by Crippen LogP contribution is -2.37. The van der Waals surface area contributed by atoms with E-state index in [2.05, 4.69) is 26.0 Å². The zero-order valence-electron chi connectivity index (χ0n) is 40.7. The molecule has 0 aromatic heterocycles. The van der Waals surface area contributed by atoms with Gasteiger partial charge in [0.25, 0.3) is 7.82 Å². The lowest BCUT2D eigenvalue weighted by molar-refractivity contribution is -0.870. The molecule has 0 fully saturated rings. The molecule has 4 atom stereocenters. The van der Waals surface area contributed by atoms with Crippen LogP contribution in [-0.2, 0) is 32.7 Å². The van der Waals surface area contributed by atoms with Crippen LogP contribution >= 0.6 is 7.82 Å². The summed E-state index contributed by atoms with van der Waals surface area (Å²) in [5.74, 6) is -1.02. The first-order chi connectivity index (χ1) is 30.8. The van der Waals surface area contributed by atoms with Gasteiger partial charge in [0.2, 0.25) is 0 Å². The Morgan fingerprint density at radius 1 is 0.609 bits per heavy atom. The molecule has 0 radical (unpaired) electrons. The Bertz CT molecular complexity index is 1400. The maximum absolute atomic E-state index is 12.7. The lowest BCUT2D eigenvalue weighted by Gasteiger charge is -2.28. The molecule has 0 saturated carbocycles. The monoisotopic (exact) mass is 920 g/mol. The minimum Gasteiger partial charge on any atom is -0.756 e. The van der Waals surface area contributed by atoms with Crippen LogP contribution in [0.1, 0.15) is 168 Å². The van der Waals surface area contributed by atoms with E-state index in [1.54, 1.807) is 30.4 Å². The fourth-order valence-corrected chi connectivity index (χ4v) is 6.94. The van der Waals surface area contributed by atoms with Gasteiger partial charge in [-0.2, -0.15) is 0 Å². The topological polar surface area (TPSA) is 152 Å². The van der Waals surface area contributed by atoms with E-state index >= 15 is 0 Å². The van der Waals surface area contributed by atoms with Gasteiger partial charge in [-0.1, -0.05) is 176 Å². The molecular formula is C52H90NO10P. The number of phosphoric ester groups is 1. The van der Waals surface area contributed by atoms with Crippen molar-refractivity contribution >= 4 is 19.8 Å². The maximum Gasteiger partial charge on any atom is 0.306 e. The summed E-state index contributed by atoms with van der Waals surface area (Å²) in [6.45, 7) is 3.80. The molecule has 64 heavy (non-hydrogen) atoms. The van der Waals surface area contributed by atoms with Gasteiger partial charge in [0.15, 0.2) is 6.10 Å². The van der Waals surface area contributed by atoms with Crippen molar-refractivity contribution in [2.45, 2.75) is 186 Å². The van der Waals surface area contributed by atoms with Crippen molar-refractivity contribution in [3.05, 3.63) is 85.1 Å². The zero-order chi connectivity index (χ0) is 47.4. The number of phosphoric acid groups is 1. The Hall–Kier alpha value is -2.89. The Labute approximate surface area is 389 Å². The number of aliphatic hydroxyl groups is 2. The number of nitrogens with zero attached hydrogens (tertiary/aromatic N) is 1. The summed E-state index contributed by atoms with van der Waals surface area (Å²) < 4.78 is 33.8. The minimum absolute atomic E-state index is 0.0345. The standard InChI is InChI=1S/C52H90NO10P/c1-6-8-10-11-12-13-14-15-16-17-18-19-20-21-22-23-27-30-36-42-51(56)60-46-50(47-62-64(58,59)61-45-44-53(3,4)5)63-52(57)43-37-31-35-41-49(55)40-34-29-26-24-25-28-33-39-48(54)38-32-9-7-2/h9,15-16,25-26,28-29,32-35,39-41,48-50,54-55H,6-8,10-14,17-24,27,30-31,36-38,42-47H2,1-5H3/b16-15-,28-25-,29-26-,32-9-,39-33+,40-34+,41-35-/t48-,49-,50+/m0/s1. The Morgan fingerprint density at radius 2 is 1.17 bits per heavy atom. The molecule has 0 aliphatic carbocycles. The fourth-order valence-electron chi connectivity index (χ4n) is 6.21. The van der Waals surface area contributed by atoms with E-state index < -0.39 is 44.7 Å². The van der Waals surface area contributed by atoms with Crippen molar-refractivity contribution in [2.24, 2.45) is 0 Å². The molecule has 2 N–H and O–H groups in total. The summed E-state index contributed by atoms with van der Waals surface area (Å²) in [6.07, 6.45) is 48.3. The Morgan fingerprint density at radius 3 is 1.78 bits per heavy atom. The average molecular weight is 920 g/mol. The first-order valence-corrected chi connectivity index (χ1v) is 26.0. The van der Waals surface area contributed by atoms with Gasteiger partial charge in [-0.25, -0.2) is 0 Å². The number of esters is 2. The third kappa shape index (κ3) is 45.7. The second-order valence-electron chi connectivity index (χ2n) is 17.5. The number of aliphatic hydroxyl groups excluding tert-OH is 2. The predicted molar refractivity (Wildman–Crippen MR) is 261 cm³/mol. The molecule has 0 rings (SSSR count). The van der Waals surface area contributed by atoms with Gasteiger partial charge in [0.05, 0.1) is 40.0 Å². The van der Waals surface area contributed by atoms with E-state index in [9.17, 15) is 29.3 Å². The average Bonchev–Trinajstić information content (AvgIpc) is 3.24. The number of carbonyl (C=O) groups is 2. The summed E-state index contributed by atoms with van der Waals surface area (Å²) in [7, 11) is 1.02. The van der Waals surface area contributed by atoms with E-state index in [0.29, 0.717) is 43.1 Å². The Balaban J connectivity index is 4.54. The van der Waals surface area contributed by atoms with Gasteiger partial charge >= 0.3 is 11.9 Å². The number of rotatable bonds is 43. The highest BCUT2D eigenvalue weighted by Crippen LogP contribution is 2.38. The number of likely N-dealkylation sites (N-methyl/N-ethyl adjacent to an activating group) is 1. The van der Waals surface area contributed by atoms with Crippen LogP contribution in [0, 0.1) is 0 Å². The number of hydrogen-bond donors (Lipinski definition) is 2. The highest BCUT2D eigenvalue weighted by Gasteiger charge is 2.21. The van der Waals surface area contributed by atoms with Crippen molar-refractivity contribution in [3.8, 4) is 0 Å². The van der Waals surface area contributed by atoms with Crippen LogP contribution in [0.5, 0.6) is 0 Å². The zero-order valence-corrected chi connectivity index (χ0v) is 41.6. The number of allylic oxidation sites excluding steroid dienone is 10. The molecule has 0 aromatic rings. The normalized spacial score (nSPS) is 15.2. The molecule has 1 unspecified atom stereocenters. The summed E-state index contributed by atoms with van der Waals surface area (Å²) in [5, 5.41) is 20.1. The van der Waals surface area contributed by atoms with Crippen LogP contribution < -0.4 is 4.89 Å². The van der Waals surface area contributed by atoms with Crippen molar-refractivity contribution in [1.29, 1.82) is 0 Å². The first-order valence-electron chi connectivity index (χ1n) is 24.5. The molecule has 0 heterocycles. The molecule has 0 bridgehead atoms. The van der Waals surface area contributed by atoms with E-state index in [4.69, 9.17) is 18.5 Å². The number of unbranched alkanes of at least 4 members (excludes halogenated alkanes) is 16. The summed E-state index contributed by atoms with van der Waals surface area (Å²) in [5.41, 5.74) is 0. The third-order valence-electron chi connectivity index (χ3n) is 10.1. The fraction of sp³-hybridized carbons (Fsp3) is 0.692. The Kier molecular flexibility index (Phi) is 40.8. The van der Waals surface area contributed by atoms with Crippen molar-refractivity contribution in [2.75, 3.05) is 47.5 Å². The molecule has 11 nitrogen and oxygen atoms in total. The smallest absolute Gasteiger partial charge is 0.306 e. The van der Waals surface area contributed by atoms with Gasteiger partial charge in [0.1, 0.15) is 19.8 Å². The molecule has 0 aliphatic heterocycles. The first kappa shape index (κ1) is 61.1. The molecule has 368 valence electrons. The van der Waals surface area contributed by atoms with Crippen molar-refractivity contribution in [3.63, 3.8) is 0 Å². The van der Waals surface area contributed by atoms with Gasteiger partial charge in [-0.05, 0) is 64.2 Å². The van der Waals surface area contributed by atoms with Crippen molar-refractivity contribution in [1.82, 2.24) is 0 Å². The number of carbonyl (C=O) groups excluding carboxylic acids is 2. The van der Waals surface area contributed by atoms with E-state index in [-0.39, 0.29) is 26.1 Å². The minimum atomic E-state index is -4.69. The SMILES string of the molecule is CC/C=C\C[C@H](O)/C=C/C=C\C/C=C\C=C\[C@H](O)/C=C\CCCC(=O)O[C@H](COC(=O)CCCCCCCCCCC/C=C\CCCCCCCC)COP(=O)([O-])OCC[N+](C)(C)C. The van der Waals surface area contributed by atoms with E-state index in [0.717, 1.165) is 25.7 Å². The summed E-state index contributed by atoms with van der Waals surface area (Å²) in [6, 6.07) is 0. The largest absolute Gasteiger partial charge is 0.756 e. The molecule has 0 saturated heterocycles. The van der Waals surface area contributed by atoms with Gasteiger partial charge < -0.3 is 38.1 Å². The van der Waals surface area contributed by atoms with Crippen LogP contribution in [0.2, 0.25) is 0 Å². The second kappa shape index (κ2) is 42.7. The molecule has 0 spiro atoms. The maximum atomic E-state index is 12.7. The van der Waals surface area contributed by atoms with E-state index in [1.165, 1.54) is 83.5 Å². The van der Waals surface area contributed by atoms with Gasteiger partial charge in [-0.3, -0.25) is 14.2 Å². The quantitative estimate of drug-likeness (QED) is 0.0151. The molecule has 12 heteroatoms. The van der Waals surface area contributed by atoms with Crippen LogP contribution in [0.15, 0.2) is 85.1 Å². The predicted octanol–water partition coefficient (Wildman–Crippen LogP) is 11.7. The molecule has 0 aliphatic rings. The van der Waals surface area contributed by atoms with Gasteiger partial charge in [0, 0.05) is 12.8 Å². The highest BCUT2D eigenvalue weighted by atomic mass is 31.2. The van der Waals surface area contributed by atoms with Crippen LogP contribution in [0.3, 0.4) is 0 Å². The molecular weight excluding hydrogens is 830 g/mol. The summed E-state index contributed by atoms with van der Waals surface area (Å²) >= 11 is 0. The van der Waals surface area contributed by atoms with Crippen molar-refractivity contribution < 1.29 is 52.3 Å². The van der Waals surface area contributed by atoms with Crippen LogP contribution in [0.25, 0.3) is 0 Å². The van der Waals surface area contributed by atoms with Crippen LogP contribution in [0.4, 0.5) is 0 Å². The third-order valence-corrected chi connectivity index (χ3v) is 11.0.